The van der Waals surface area contributed by atoms with E-state index in [2.05, 4.69) is 36.3 Å². The van der Waals surface area contributed by atoms with Crippen LogP contribution in [0.15, 0.2) is 17.5 Å². The van der Waals surface area contributed by atoms with E-state index in [1.165, 1.54) is 37.0 Å². The molecule has 1 aromatic rings. The fourth-order valence-corrected chi connectivity index (χ4v) is 3.73. The molecule has 0 spiro atoms. The van der Waals surface area contributed by atoms with Gasteiger partial charge in [-0.2, -0.15) is 0 Å². The van der Waals surface area contributed by atoms with Crippen molar-refractivity contribution in [2.24, 2.45) is 11.7 Å². The molecule has 1 fully saturated rings. The molecule has 0 bridgehead atoms. The number of hydrogen-bond donors (Lipinski definition) is 1. The second-order valence-corrected chi connectivity index (χ2v) is 7.20. The van der Waals surface area contributed by atoms with Gasteiger partial charge in [0.15, 0.2) is 0 Å². The Morgan fingerprint density at radius 2 is 2.11 bits per heavy atom. The molecule has 19 heavy (non-hydrogen) atoms. The summed E-state index contributed by atoms with van der Waals surface area (Å²) in [6.45, 7) is 6.85. The largest absolute Gasteiger partial charge is 0.327 e. The van der Waals surface area contributed by atoms with Crippen molar-refractivity contribution in [2.45, 2.75) is 64.6 Å². The molecule has 0 radical (unpaired) electrons. The maximum absolute atomic E-state index is 6.38. The summed E-state index contributed by atoms with van der Waals surface area (Å²) in [5, 5.41) is 2.17. The molecule has 2 rings (SSSR count). The van der Waals surface area contributed by atoms with Gasteiger partial charge in [0.25, 0.3) is 0 Å². The maximum atomic E-state index is 6.38. The predicted molar refractivity (Wildman–Crippen MR) is 84.4 cm³/mol. The second kappa shape index (κ2) is 7.41. The Morgan fingerprint density at radius 1 is 1.32 bits per heavy atom. The average Bonchev–Trinajstić information content (AvgIpc) is 2.80. The molecule has 2 unspecified atom stereocenters. The van der Waals surface area contributed by atoms with Gasteiger partial charge in [-0.25, -0.2) is 0 Å². The van der Waals surface area contributed by atoms with E-state index in [0.717, 1.165) is 13.1 Å². The van der Waals surface area contributed by atoms with Crippen molar-refractivity contribution in [2.75, 3.05) is 6.54 Å². The molecule has 108 valence electrons. The molecule has 0 aromatic carbocycles. The van der Waals surface area contributed by atoms with Crippen molar-refractivity contribution in [3.63, 3.8) is 0 Å². The summed E-state index contributed by atoms with van der Waals surface area (Å²) >= 11 is 1.86. The minimum Gasteiger partial charge on any atom is -0.327 e. The maximum Gasteiger partial charge on any atom is 0.0330 e. The highest BCUT2D eigenvalue weighted by Gasteiger charge is 2.24. The highest BCUT2D eigenvalue weighted by Crippen LogP contribution is 2.25. The molecule has 1 heterocycles. The van der Waals surface area contributed by atoms with Crippen LogP contribution in [0.2, 0.25) is 0 Å². The molecule has 2 N–H and O–H groups in total. The van der Waals surface area contributed by atoms with Crippen LogP contribution < -0.4 is 5.73 Å². The number of nitrogens with two attached hydrogens (primary N) is 1. The molecule has 0 saturated heterocycles. The topological polar surface area (TPSA) is 29.3 Å². The summed E-state index contributed by atoms with van der Waals surface area (Å²) in [6.07, 6.45) is 6.59. The molecule has 0 amide bonds. The van der Waals surface area contributed by atoms with E-state index in [1.807, 2.05) is 11.3 Å². The number of nitrogens with zero attached hydrogens (tertiary/aromatic N) is 1. The van der Waals surface area contributed by atoms with Crippen LogP contribution in [0.1, 0.15) is 50.8 Å². The van der Waals surface area contributed by atoms with Crippen LogP contribution >= 0.6 is 11.3 Å². The lowest BCUT2D eigenvalue weighted by Gasteiger charge is -2.32. The van der Waals surface area contributed by atoms with Crippen LogP contribution in [0.25, 0.3) is 0 Å². The van der Waals surface area contributed by atoms with Crippen molar-refractivity contribution < 1.29 is 0 Å². The van der Waals surface area contributed by atoms with Crippen molar-refractivity contribution in [1.29, 1.82) is 0 Å². The second-order valence-electron chi connectivity index (χ2n) is 6.16. The molecule has 2 atom stereocenters. The van der Waals surface area contributed by atoms with Crippen molar-refractivity contribution in [3.8, 4) is 0 Å². The van der Waals surface area contributed by atoms with Gasteiger partial charge in [0.05, 0.1) is 0 Å². The quantitative estimate of drug-likeness (QED) is 0.830. The third-order valence-corrected chi connectivity index (χ3v) is 5.22. The summed E-state index contributed by atoms with van der Waals surface area (Å²) in [6, 6.07) is 5.40. The Hall–Kier alpha value is -0.380. The summed E-state index contributed by atoms with van der Waals surface area (Å²) in [7, 11) is 0. The van der Waals surface area contributed by atoms with E-state index in [-0.39, 0.29) is 0 Å². The van der Waals surface area contributed by atoms with Crippen LogP contribution in [0.4, 0.5) is 0 Å². The Balaban J connectivity index is 1.95. The third-order valence-electron chi connectivity index (χ3n) is 4.36. The standard InChI is InChI=1S/C16H28N2S/c1-13(2)18(12-15-8-6-10-19-15)11-14-7-4-3-5-9-16(14)17/h6,8,10,13-14,16H,3-5,7,9,11-12,17H2,1-2H3. The van der Waals surface area contributed by atoms with Gasteiger partial charge in [-0.05, 0) is 44.1 Å². The highest BCUT2D eigenvalue weighted by atomic mass is 32.1. The summed E-state index contributed by atoms with van der Waals surface area (Å²) in [5.41, 5.74) is 6.38. The molecular formula is C16H28N2S. The summed E-state index contributed by atoms with van der Waals surface area (Å²) < 4.78 is 0. The first-order chi connectivity index (χ1) is 9.16. The van der Waals surface area contributed by atoms with Crippen molar-refractivity contribution >= 4 is 11.3 Å². The lowest BCUT2D eigenvalue weighted by atomic mass is 9.94. The number of thiophene rings is 1. The fourth-order valence-electron chi connectivity index (χ4n) is 3.00. The molecule has 1 aliphatic rings. The average molecular weight is 280 g/mol. The smallest absolute Gasteiger partial charge is 0.0330 e. The molecule has 2 nitrogen and oxygen atoms in total. The summed E-state index contributed by atoms with van der Waals surface area (Å²) in [4.78, 5) is 4.07. The van der Waals surface area contributed by atoms with E-state index in [9.17, 15) is 0 Å². The zero-order valence-corrected chi connectivity index (χ0v) is 13.2. The van der Waals surface area contributed by atoms with E-state index in [4.69, 9.17) is 5.73 Å². The van der Waals surface area contributed by atoms with Crippen molar-refractivity contribution in [1.82, 2.24) is 4.90 Å². The van der Waals surface area contributed by atoms with E-state index in [0.29, 0.717) is 18.0 Å². The van der Waals surface area contributed by atoms with Gasteiger partial charge in [0.2, 0.25) is 0 Å². The van der Waals surface area contributed by atoms with Crippen LogP contribution in [0.3, 0.4) is 0 Å². The van der Waals surface area contributed by atoms with Crippen LogP contribution in [0.5, 0.6) is 0 Å². The highest BCUT2D eigenvalue weighted by molar-refractivity contribution is 7.09. The first-order valence-electron chi connectivity index (χ1n) is 7.69. The minimum absolute atomic E-state index is 0.409. The van der Waals surface area contributed by atoms with Gasteiger partial charge >= 0.3 is 0 Å². The monoisotopic (exact) mass is 280 g/mol. The Labute approximate surface area is 122 Å². The van der Waals surface area contributed by atoms with Crippen LogP contribution in [0, 0.1) is 5.92 Å². The zero-order valence-electron chi connectivity index (χ0n) is 12.3. The zero-order chi connectivity index (χ0) is 13.7. The van der Waals surface area contributed by atoms with Crippen LogP contribution in [-0.2, 0) is 6.54 Å². The van der Waals surface area contributed by atoms with Crippen molar-refractivity contribution in [3.05, 3.63) is 22.4 Å². The fraction of sp³-hybridized carbons (Fsp3) is 0.750. The van der Waals surface area contributed by atoms with Gasteiger partial charge in [0, 0.05) is 30.1 Å². The number of hydrogen-bond acceptors (Lipinski definition) is 3. The van der Waals surface area contributed by atoms with Gasteiger partial charge in [-0.3, -0.25) is 4.90 Å². The SMILES string of the molecule is CC(C)N(Cc1cccs1)CC1CCCCCC1N. The molecule has 1 saturated carbocycles. The minimum atomic E-state index is 0.409. The van der Waals surface area contributed by atoms with Gasteiger partial charge in [-0.15, -0.1) is 11.3 Å². The van der Waals surface area contributed by atoms with E-state index in [1.54, 1.807) is 0 Å². The molecule has 3 heteroatoms. The van der Waals surface area contributed by atoms with Crippen LogP contribution in [-0.4, -0.2) is 23.5 Å². The third kappa shape index (κ3) is 4.59. The Morgan fingerprint density at radius 3 is 2.79 bits per heavy atom. The Bertz CT molecular complexity index is 348. The molecule has 1 aromatic heterocycles. The van der Waals surface area contributed by atoms with Gasteiger partial charge in [0.1, 0.15) is 0 Å². The predicted octanol–water partition coefficient (Wildman–Crippen LogP) is 3.87. The Kier molecular flexibility index (Phi) is 5.86. The molecular weight excluding hydrogens is 252 g/mol. The molecule has 1 aliphatic carbocycles. The lowest BCUT2D eigenvalue weighted by molar-refractivity contribution is 0.163. The first-order valence-corrected chi connectivity index (χ1v) is 8.57. The number of rotatable bonds is 5. The molecule has 0 aliphatic heterocycles. The summed E-state index contributed by atoms with van der Waals surface area (Å²) in [5.74, 6) is 0.685. The van der Waals surface area contributed by atoms with E-state index < -0.39 is 0 Å². The first kappa shape index (κ1) is 15.0. The van der Waals surface area contributed by atoms with E-state index >= 15 is 0 Å². The van der Waals surface area contributed by atoms with Gasteiger partial charge < -0.3 is 5.73 Å². The lowest BCUT2D eigenvalue weighted by Crippen LogP contribution is -2.41. The normalized spacial score (nSPS) is 24.9. The van der Waals surface area contributed by atoms with Gasteiger partial charge in [-0.1, -0.05) is 25.3 Å².